The number of nitrogens with two attached hydrogens (primary N) is 1. The fraction of sp³-hybridized carbons (Fsp3) is 0.478. The molecule has 9 heteroatoms. The molecule has 0 radical (unpaired) electrons. The van der Waals surface area contributed by atoms with Gasteiger partial charge in [-0.25, -0.2) is 9.97 Å². The maximum atomic E-state index is 10.7. The zero-order valence-electron chi connectivity index (χ0n) is 18.0. The Hall–Kier alpha value is -1.79. The van der Waals surface area contributed by atoms with Crippen molar-refractivity contribution in [1.82, 2.24) is 25.2 Å². The Kier molecular flexibility index (Phi) is 7.95. The number of aromatic nitrogens is 3. The number of nitrogens with zero attached hydrogens (tertiary/aromatic N) is 3. The highest BCUT2D eigenvalue weighted by Crippen LogP contribution is 2.38. The fourth-order valence-electron chi connectivity index (χ4n) is 4.52. The number of nitrogens with one attached hydrogen (secondary N) is 2. The number of benzene rings is 1. The Balaban J connectivity index is 1.22. The van der Waals surface area contributed by atoms with Crippen molar-refractivity contribution in [3.63, 3.8) is 0 Å². The normalized spacial score (nSPS) is 23.2. The van der Waals surface area contributed by atoms with E-state index in [0.29, 0.717) is 24.4 Å². The van der Waals surface area contributed by atoms with Crippen LogP contribution in [0.4, 0.5) is 5.82 Å². The Morgan fingerprint density at radius 3 is 2.66 bits per heavy atom. The lowest BCUT2D eigenvalue weighted by atomic mass is 10.1. The highest BCUT2D eigenvalue weighted by molar-refractivity contribution is 14.1. The Morgan fingerprint density at radius 1 is 1.06 bits per heavy atom. The Morgan fingerprint density at radius 2 is 1.84 bits per heavy atom. The lowest BCUT2D eigenvalue weighted by molar-refractivity contribution is 0.00693. The van der Waals surface area contributed by atoms with Gasteiger partial charge in [-0.05, 0) is 67.1 Å². The maximum Gasteiger partial charge on any atom is 0.146 e. The zero-order valence-corrected chi connectivity index (χ0v) is 20.1. The molecule has 32 heavy (non-hydrogen) atoms. The fourth-order valence-corrected chi connectivity index (χ4v) is 5.34. The summed E-state index contributed by atoms with van der Waals surface area (Å²) in [5.74, 6) is 0.414. The number of aliphatic hydroxyl groups is 2. The van der Waals surface area contributed by atoms with Crippen molar-refractivity contribution in [2.45, 2.75) is 37.5 Å². The zero-order chi connectivity index (χ0) is 22.5. The van der Waals surface area contributed by atoms with E-state index in [2.05, 4.69) is 67.5 Å². The third-order valence-electron chi connectivity index (χ3n) is 6.27. The van der Waals surface area contributed by atoms with Crippen LogP contribution < -0.4 is 16.4 Å². The van der Waals surface area contributed by atoms with Crippen molar-refractivity contribution < 1.29 is 10.2 Å². The summed E-state index contributed by atoms with van der Waals surface area (Å²) in [6, 6.07) is 10.2. The minimum absolute atomic E-state index is 0.0182. The molecule has 0 aliphatic heterocycles. The van der Waals surface area contributed by atoms with Gasteiger partial charge in [0.25, 0.3) is 0 Å². The minimum atomic E-state index is -0.843. The minimum Gasteiger partial charge on any atom is -0.390 e. The van der Waals surface area contributed by atoms with E-state index in [-0.39, 0.29) is 12.0 Å². The molecular formula is C23H31IN6O2. The molecule has 3 aromatic rings. The molecule has 2 aromatic heterocycles. The van der Waals surface area contributed by atoms with Crippen LogP contribution in [0.15, 0.2) is 42.9 Å². The van der Waals surface area contributed by atoms with Crippen molar-refractivity contribution in [2.24, 2.45) is 5.92 Å². The predicted molar refractivity (Wildman–Crippen MR) is 134 cm³/mol. The topological polar surface area (TPSA) is 121 Å². The van der Waals surface area contributed by atoms with E-state index in [1.54, 1.807) is 0 Å². The second kappa shape index (κ2) is 10.9. The summed E-state index contributed by atoms with van der Waals surface area (Å²) in [6.07, 6.45) is 4.48. The molecule has 8 nitrogen and oxygen atoms in total. The molecule has 1 aliphatic carbocycles. The molecule has 1 fully saturated rings. The molecular weight excluding hydrogens is 519 g/mol. The third kappa shape index (κ3) is 5.23. The van der Waals surface area contributed by atoms with E-state index in [4.69, 9.17) is 5.73 Å². The first kappa shape index (κ1) is 23.4. The summed E-state index contributed by atoms with van der Waals surface area (Å²) in [6.45, 7) is 3.47. The standard InChI is InChI=1S/C23H31IN6O2/c24-17-13-30(23-19(17)22(25)28-14-29-23)18-11-16(20(31)21(18)32)12-27-9-4-8-26-10-7-15-5-2-1-3-6-15/h1-3,5-6,13-14,16,18,20-21,26-27,31-32H,4,7-12H2,(H2,25,28,29)/t16-,18-,20-,21+/m1/s1. The molecule has 0 spiro atoms. The van der Waals surface area contributed by atoms with Gasteiger partial charge in [-0.3, -0.25) is 0 Å². The molecule has 2 heterocycles. The van der Waals surface area contributed by atoms with Crippen LogP contribution in [0.2, 0.25) is 0 Å². The van der Waals surface area contributed by atoms with Crippen LogP contribution in [0, 0.1) is 9.49 Å². The number of hydrogen-bond acceptors (Lipinski definition) is 7. The summed E-state index contributed by atoms with van der Waals surface area (Å²) in [5, 5.41) is 29.1. The first-order valence-electron chi connectivity index (χ1n) is 11.1. The number of fused-ring (bicyclic) bond motifs is 1. The van der Waals surface area contributed by atoms with Crippen LogP contribution in [0.25, 0.3) is 11.0 Å². The first-order valence-corrected chi connectivity index (χ1v) is 12.2. The van der Waals surface area contributed by atoms with E-state index in [0.717, 1.165) is 41.4 Å². The van der Waals surface area contributed by atoms with Gasteiger partial charge in [-0.15, -0.1) is 0 Å². The predicted octanol–water partition coefficient (Wildman–Crippen LogP) is 1.71. The quantitative estimate of drug-likeness (QED) is 0.193. The molecule has 1 aromatic carbocycles. The van der Waals surface area contributed by atoms with Crippen LogP contribution in [0.1, 0.15) is 24.4 Å². The van der Waals surface area contributed by atoms with Gasteiger partial charge in [0, 0.05) is 22.2 Å². The van der Waals surface area contributed by atoms with Crippen molar-refractivity contribution >= 4 is 39.4 Å². The van der Waals surface area contributed by atoms with Crippen LogP contribution in [-0.4, -0.2) is 63.1 Å². The number of anilines is 1. The van der Waals surface area contributed by atoms with Gasteiger partial charge >= 0.3 is 0 Å². The van der Waals surface area contributed by atoms with Crippen molar-refractivity contribution in [2.75, 3.05) is 31.9 Å². The van der Waals surface area contributed by atoms with Gasteiger partial charge in [0.15, 0.2) is 0 Å². The van der Waals surface area contributed by atoms with Crippen molar-refractivity contribution in [1.29, 1.82) is 0 Å². The molecule has 4 atom stereocenters. The van der Waals surface area contributed by atoms with Gasteiger partial charge in [-0.2, -0.15) is 0 Å². The van der Waals surface area contributed by atoms with Gasteiger partial charge in [-0.1, -0.05) is 30.3 Å². The molecule has 4 rings (SSSR count). The molecule has 172 valence electrons. The number of hydrogen-bond donors (Lipinski definition) is 5. The summed E-state index contributed by atoms with van der Waals surface area (Å²) < 4.78 is 2.89. The average Bonchev–Trinajstić information content (AvgIpc) is 3.28. The molecule has 1 aliphatic rings. The van der Waals surface area contributed by atoms with E-state index >= 15 is 0 Å². The molecule has 1 saturated carbocycles. The number of rotatable bonds is 10. The van der Waals surface area contributed by atoms with E-state index in [1.165, 1.54) is 11.9 Å². The Bertz CT molecular complexity index is 1010. The summed E-state index contributed by atoms with van der Waals surface area (Å²) in [7, 11) is 0. The third-order valence-corrected chi connectivity index (χ3v) is 7.09. The summed E-state index contributed by atoms with van der Waals surface area (Å²) in [5.41, 5.74) is 8.07. The second-order valence-electron chi connectivity index (χ2n) is 8.43. The molecule has 0 bridgehead atoms. The largest absolute Gasteiger partial charge is 0.390 e. The van der Waals surface area contributed by atoms with Crippen molar-refractivity contribution in [3.05, 3.63) is 52.0 Å². The van der Waals surface area contributed by atoms with E-state index in [9.17, 15) is 10.2 Å². The Labute approximate surface area is 201 Å². The van der Waals surface area contributed by atoms with E-state index < -0.39 is 12.2 Å². The van der Waals surface area contributed by atoms with Crippen LogP contribution >= 0.6 is 22.6 Å². The van der Waals surface area contributed by atoms with Crippen LogP contribution in [-0.2, 0) is 6.42 Å². The molecule has 0 saturated heterocycles. The second-order valence-corrected chi connectivity index (χ2v) is 9.59. The lowest BCUT2D eigenvalue weighted by Gasteiger charge is -2.19. The molecule has 0 unspecified atom stereocenters. The maximum absolute atomic E-state index is 10.7. The summed E-state index contributed by atoms with van der Waals surface area (Å²) >= 11 is 2.21. The lowest BCUT2D eigenvalue weighted by Crippen LogP contribution is -2.34. The highest BCUT2D eigenvalue weighted by Gasteiger charge is 2.42. The van der Waals surface area contributed by atoms with Crippen molar-refractivity contribution in [3.8, 4) is 0 Å². The molecule has 6 N–H and O–H groups in total. The summed E-state index contributed by atoms with van der Waals surface area (Å²) in [4.78, 5) is 8.44. The molecule has 0 amide bonds. The SMILES string of the molecule is Nc1ncnc2c1c(I)cn2[C@@H]1C[C@H](CNCCCNCCc2ccccc2)[C@@H](O)[C@H]1O. The van der Waals surface area contributed by atoms with E-state index in [1.807, 2.05) is 16.8 Å². The monoisotopic (exact) mass is 550 g/mol. The van der Waals surface area contributed by atoms with Gasteiger partial charge in [0.05, 0.1) is 17.5 Å². The number of halogens is 1. The highest BCUT2D eigenvalue weighted by atomic mass is 127. The smallest absolute Gasteiger partial charge is 0.146 e. The van der Waals surface area contributed by atoms with Crippen LogP contribution in [0.3, 0.4) is 0 Å². The number of nitrogen functional groups attached to an aromatic ring is 1. The van der Waals surface area contributed by atoms with Gasteiger partial charge in [0.2, 0.25) is 0 Å². The number of aliphatic hydroxyl groups excluding tert-OH is 2. The first-order chi connectivity index (χ1) is 15.6. The van der Waals surface area contributed by atoms with Gasteiger partial charge < -0.3 is 31.1 Å². The van der Waals surface area contributed by atoms with Gasteiger partial charge in [0.1, 0.15) is 23.9 Å². The average molecular weight is 550 g/mol. The van der Waals surface area contributed by atoms with Crippen LogP contribution in [0.5, 0.6) is 0 Å².